The summed E-state index contributed by atoms with van der Waals surface area (Å²) in [4.78, 5) is 23.7. The summed E-state index contributed by atoms with van der Waals surface area (Å²) in [5.41, 5.74) is 14.2. The number of hydrogen-bond acceptors (Lipinski definition) is 7. The highest BCUT2D eigenvalue weighted by Crippen LogP contribution is 2.30. The average Bonchev–Trinajstić information content (AvgIpc) is 2.80. The Hall–Kier alpha value is -3.72. The molecule has 166 valence electrons. The Morgan fingerprint density at radius 3 is 2.91 bits per heavy atom. The van der Waals surface area contributed by atoms with E-state index in [1.165, 1.54) is 19.2 Å². The van der Waals surface area contributed by atoms with E-state index < -0.39 is 11.7 Å². The van der Waals surface area contributed by atoms with Gasteiger partial charge in [0.05, 0.1) is 36.1 Å². The molecule has 3 heterocycles. The number of anilines is 3. The molecule has 1 fully saturated rings. The minimum Gasteiger partial charge on any atom is -0.494 e. The Morgan fingerprint density at radius 1 is 1.28 bits per heavy atom. The molecule has 8 nitrogen and oxygen atoms in total. The van der Waals surface area contributed by atoms with Gasteiger partial charge < -0.3 is 26.4 Å². The zero-order valence-electron chi connectivity index (χ0n) is 17.7. The van der Waals surface area contributed by atoms with Crippen molar-refractivity contribution in [2.24, 2.45) is 5.73 Å². The van der Waals surface area contributed by atoms with Crippen molar-refractivity contribution in [3.8, 4) is 17.0 Å². The number of nitrogens with two attached hydrogens (primary N) is 2. The highest BCUT2D eigenvalue weighted by molar-refractivity contribution is 6.07. The molecule has 5 N–H and O–H groups in total. The fourth-order valence-electron chi connectivity index (χ4n) is 3.84. The van der Waals surface area contributed by atoms with E-state index in [2.05, 4.69) is 20.2 Å². The number of aromatic nitrogens is 2. The Bertz CT molecular complexity index is 1140. The molecule has 1 aromatic carbocycles. The summed E-state index contributed by atoms with van der Waals surface area (Å²) in [6, 6.07) is 9.75. The summed E-state index contributed by atoms with van der Waals surface area (Å²) >= 11 is 0. The van der Waals surface area contributed by atoms with E-state index in [0.29, 0.717) is 12.2 Å². The molecule has 0 spiro atoms. The van der Waals surface area contributed by atoms with Gasteiger partial charge in [0, 0.05) is 30.9 Å². The zero-order valence-corrected chi connectivity index (χ0v) is 17.7. The van der Waals surface area contributed by atoms with E-state index in [1.54, 1.807) is 30.6 Å². The van der Waals surface area contributed by atoms with E-state index in [9.17, 15) is 9.18 Å². The average molecular weight is 436 g/mol. The van der Waals surface area contributed by atoms with Crippen molar-refractivity contribution >= 4 is 23.0 Å². The monoisotopic (exact) mass is 436 g/mol. The highest BCUT2D eigenvalue weighted by atomic mass is 19.1. The lowest BCUT2D eigenvalue weighted by Gasteiger charge is -2.33. The predicted octanol–water partition coefficient (Wildman–Crippen LogP) is 3.05. The number of halogens is 1. The molecular weight excluding hydrogens is 411 g/mol. The van der Waals surface area contributed by atoms with Crippen molar-refractivity contribution < 1.29 is 13.9 Å². The number of methoxy groups -OCH3 is 1. The first-order valence-electron chi connectivity index (χ1n) is 10.3. The van der Waals surface area contributed by atoms with Crippen LogP contribution in [0.5, 0.6) is 5.75 Å². The van der Waals surface area contributed by atoms with Gasteiger partial charge in [0.25, 0.3) is 5.91 Å². The summed E-state index contributed by atoms with van der Waals surface area (Å²) < 4.78 is 19.7. The number of pyridine rings is 2. The number of carbonyl (C=O) groups excluding carboxylic acids is 1. The summed E-state index contributed by atoms with van der Waals surface area (Å²) in [5.74, 6) is -0.982. The molecule has 1 saturated heterocycles. The van der Waals surface area contributed by atoms with Gasteiger partial charge in [-0.25, -0.2) is 9.37 Å². The third kappa shape index (κ3) is 4.33. The van der Waals surface area contributed by atoms with Crippen LogP contribution in [0.2, 0.25) is 0 Å². The first-order valence-corrected chi connectivity index (χ1v) is 10.3. The van der Waals surface area contributed by atoms with E-state index >= 15 is 0 Å². The number of ether oxygens (including phenoxy) is 1. The Balaban J connectivity index is 1.64. The molecule has 1 amide bonds. The fourth-order valence-corrected chi connectivity index (χ4v) is 3.84. The molecule has 4 rings (SSSR count). The minimum atomic E-state index is -0.561. The summed E-state index contributed by atoms with van der Waals surface area (Å²) in [5, 5.41) is 2.85. The van der Waals surface area contributed by atoms with Gasteiger partial charge >= 0.3 is 0 Å². The molecule has 1 atom stereocenters. The van der Waals surface area contributed by atoms with Crippen molar-refractivity contribution in [3.63, 3.8) is 0 Å². The normalized spacial score (nSPS) is 16.0. The lowest BCUT2D eigenvalue weighted by molar-refractivity contribution is 0.102. The lowest BCUT2D eigenvalue weighted by Crippen LogP contribution is -2.43. The van der Waals surface area contributed by atoms with Gasteiger partial charge in [-0.15, -0.1) is 0 Å². The molecule has 0 unspecified atom stereocenters. The maximum atomic E-state index is 14.7. The van der Waals surface area contributed by atoms with Crippen LogP contribution in [-0.2, 0) is 0 Å². The van der Waals surface area contributed by atoms with Crippen LogP contribution in [0.25, 0.3) is 11.3 Å². The number of nitrogen functional groups attached to an aromatic ring is 1. The summed E-state index contributed by atoms with van der Waals surface area (Å²) in [6.45, 7) is 1.53. The first kappa shape index (κ1) is 21.5. The van der Waals surface area contributed by atoms with Crippen LogP contribution < -0.4 is 26.4 Å². The number of nitrogens with zero attached hydrogens (tertiary/aromatic N) is 3. The fraction of sp³-hybridized carbons (Fsp3) is 0.261. The van der Waals surface area contributed by atoms with E-state index in [0.717, 1.165) is 25.1 Å². The summed E-state index contributed by atoms with van der Waals surface area (Å²) in [6.07, 6.45) is 5.19. The van der Waals surface area contributed by atoms with Gasteiger partial charge in [-0.3, -0.25) is 9.78 Å². The van der Waals surface area contributed by atoms with Crippen molar-refractivity contribution in [2.45, 2.75) is 18.9 Å². The zero-order chi connectivity index (χ0) is 22.7. The predicted molar refractivity (Wildman–Crippen MR) is 122 cm³/mol. The van der Waals surface area contributed by atoms with Crippen LogP contribution >= 0.6 is 0 Å². The molecular formula is C23H25FN6O2. The van der Waals surface area contributed by atoms with E-state index in [-0.39, 0.29) is 34.4 Å². The van der Waals surface area contributed by atoms with Crippen molar-refractivity contribution in [3.05, 3.63) is 60.3 Å². The van der Waals surface area contributed by atoms with Crippen LogP contribution in [0, 0.1) is 5.82 Å². The molecule has 0 aliphatic carbocycles. The Labute approximate surface area is 185 Å². The SMILES string of the molecule is COc1cccc(-c2ccc(N)c(C(=O)Nc3cnccc3N3CCC[C@H](N)C3)n2)c1F. The Morgan fingerprint density at radius 2 is 2.12 bits per heavy atom. The number of benzene rings is 1. The molecule has 1 aliphatic heterocycles. The van der Waals surface area contributed by atoms with Crippen LogP contribution in [0.15, 0.2) is 48.8 Å². The maximum absolute atomic E-state index is 14.7. The first-order chi connectivity index (χ1) is 15.5. The minimum absolute atomic E-state index is 0.00475. The molecule has 3 aromatic rings. The quantitative estimate of drug-likeness (QED) is 0.562. The molecule has 0 radical (unpaired) electrons. The number of amides is 1. The summed E-state index contributed by atoms with van der Waals surface area (Å²) in [7, 11) is 1.39. The van der Waals surface area contributed by atoms with Gasteiger partial charge in [-0.1, -0.05) is 6.07 Å². The van der Waals surface area contributed by atoms with E-state index in [4.69, 9.17) is 16.2 Å². The van der Waals surface area contributed by atoms with Gasteiger partial charge in [0.2, 0.25) is 0 Å². The van der Waals surface area contributed by atoms with Crippen LogP contribution in [-0.4, -0.2) is 42.1 Å². The number of nitrogens with one attached hydrogen (secondary N) is 1. The van der Waals surface area contributed by atoms with Crippen molar-refractivity contribution in [2.75, 3.05) is 36.1 Å². The van der Waals surface area contributed by atoms with Crippen LogP contribution in [0.1, 0.15) is 23.3 Å². The number of hydrogen-bond donors (Lipinski definition) is 3. The van der Waals surface area contributed by atoms with Crippen molar-refractivity contribution in [1.29, 1.82) is 0 Å². The molecule has 1 aliphatic rings. The third-order valence-corrected chi connectivity index (χ3v) is 5.45. The Kier molecular flexibility index (Phi) is 6.18. The molecule has 0 bridgehead atoms. The maximum Gasteiger partial charge on any atom is 0.276 e. The van der Waals surface area contributed by atoms with Gasteiger partial charge in [-0.2, -0.15) is 0 Å². The molecule has 0 saturated carbocycles. The lowest BCUT2D eigenvalue weighted by atomic mass is 10.1. The smallest absolute Gasteiger partial charge is 0.276 e. The highest BCUT2D eigenvalue weighted by Gasteiger charge is 2.22. The second-order valence-corrected chi connectivity index (χ2v) is 7.65. The molecule has 32 heavy (non-hydrogen) atoms. The number of rotatable bonds is 5. The second-order valence-electron chi connectivity index (χ2n) is 7.65. The molecule has 2 aromatic heterocycles. The van der Waals surface area contributed by atoms with Crippen LogP contribution in [0.3, 0.4) is 0 Å². The largest absolute Gasteiger partial charge is 0.494 e. The van der Waals surface area contributed by atoms with Crippen molar-refractivity contribution in [1.82, 2.24) is 9.97 Å². The number of piperidine rings is 1. The second kappa shape index (κ2) is 9.19. The standard InChI is InChI=1S/C23H25FN6O2/c1-32-20-6-2-5-15(21(20)24)17-8-7-16(26)22(28-17)23(31)29-18-12-27-10-9-19(18)30-11-3-4-14(25)13-30/h2,5-10,12,14H,3-4,11,13,25-26H2,1H3,(H,29,31)/t14-/m0/s1. The van der Waals surface area contributed by atoms with E-state index in [1.807, 2.05) is 6.07 Å². The van der Waals surface area contributed by atoms with Gasteiger partial charge in [0.1, 0.15) is 0 Å². The number of carbonyl (C=O) groups is 1. The molecule has 9 heteroatoms. The van der Waals surface area contributed by atoms with Crippen LogP contribution in [0.4, 0.5) is 21.5 Å². The van der Waals surface area contributed by atoms with Gasteiger partial charge in [-0.05, 0) is 43.2 Å². The topological polar surface area (TPSA) is 119 Å². The third-order valence-electron chi connectivity index (χ3n) is 5.45. The van der Waals surface area contributed by atoms with Gasteiger partial charge in [0.15, 0.2) is 17.3 Å².